The van der Waals surface area contributed by atoms with E-state index in [4.69, 9.17) is 0 Å². The van der Waals surface area contributed by atoms with Gasteiger partial charge < -0.3 is 0 Å². The molecule has 0 rings (SSSR count). The summed E-state index contributed by atoms with van der Waals surface area (Å²) < 4.78 is 12.3. The molecule has 0 amide bonds. The summed E-state index contributed by atoms with van der Waals surface area (Å²) in [5.41, 5.74) is 3.07. The molecule has 0 N–H and O–H groups in total. The van der Waals surface area contributed by atoms with Crippen LogP contribution < -0.4 is 0 Å². The van der Waals surface area contributed by atoms with Crippen molar-refractivity contribution in [1.82, 2.24) is 0 Å². The molecule has 0 radical (unpaired) electrons. The van der Waals surface area contributed by atoms with Gasteiger partial charge in [-0.2, -0.15) is 0 Å². The van der Waals surface area contributed by atoms with Gasteiger partial charge in [0.25, 0.3) is 0 Å². The maximum absolute atomic E-state index is 12.3. The topological polar surface area (TPSA) is 0 Å². The zero-order valence-corrected chi connectivity index (χ0v) is 11.1. The van der Waals surface area contributed by atoms with Crippen molar-refractivity contribution in [2.75, 3.05) is 0 Å². The van der Waals surface area contributed by atoms with Crippen molar-refractivity contribution in [3.8, 4) is 0 Å². The van der Waals surface area contributed by atoms with Crippen molar-refractivity contribution in [3.05, 3.63) is 71.7 Å². The number of hydrogen-bond acceptors (Lipinski definition) is 0. The molecule has 92 valence electrons. The van der Waals surface area contributed by atoms with Crippen LogP contribution in [-0.2, 0) is 0 Å². The van der Waals surface area contributed by atoms with Gasteiger partial charge in [0.2, 0.25) is 0 Å². The summed E-state index contributed by atoms with van der Waals surface area (Å²) in [5.74, 6) is 0. The Morgan fingerprint density at radius 1 is 0.882 bits per heavy atom. The summed E-state index contributed by atoms with van der Waals surface area (Å²) in [4.78, 5) is 0. The van der Waals surface area contributed by atoms with Gasteiger partial charge in [-0.25, -0.2) is 4.39 Å². The molecule has 0 aromatic carbocycles. The quantitative estimate of drug-likeness (QED) is 0.553. The van der Waals surface area contributed by atoms with Crippen LogP contribution in [0.25, 0.3) is 0 Å². The molecule has 17 heavy (non-hydrogen) atoms. The first-order valence-corrected chi connectivity index (χ1v) is 5.73. The third-order valence-corrected chi connectivity index (χ3v) is 2.19. The van der Waals surface area contributed by atoms with E-state index in [0.29, 0.717) is 6.33 Å². The van der Waals surface area contributed by atoms with E-state index in [1.165, 1.54) is 11.6 Å². The van der Waals surface area contributed by atoms with Gasteiger partial charge in [0.15, 0.2) is 0 Å². The van der Waals surface area contributed by atoms with Crippen molar-refractivity contribution in [3.63, 3.8) is 0 Å². The van der Waals surface area contributed by atoms with Crippen LogP contribution in [0.1, 0.15) is 27.7 Å². The summed E-state index contributed by atoms with van der Waals surface area (Å²) in [6.45, 7) is 7.92. The van der Waals surface area contributed by atoms with Gasteiger partial charge in [0.1, 0.15) is 0 Å². The standard InChI is InChI=1S/C16H21F/c1-5-7-9-16(12-13-17)15(4)11-10-14(3)8-6-2/h5-13H,1-4H3/b7-5-,8-6-,13-12+,14-10-,15-11+,16-9+. The van der Waals surface area contributed by atoms with E-state index in [9.17, 15) is 4.39 Å². The highest BCUT2D eigenvalue weighted by molar-refractivity contribution is 5.42. The molecule has 0 aliphatic heterocycles. The number of halogens is 1. The molecule has 0 bridgehead atoms. The molecule has 0 aliphatic carbocycles. The van der Waals surface area contributed by atoms with E-state index in [0.717, 1.165) is 11.1 Å². The van der Waals surface area contributed by atoms with Crippen LogP contribution in [0.5, 0.6) is 0 Å². The molecule has 0 saturated heterocycles. The van der Waals surface area contributed by atoms with E-state index >= 15 is 0 Å². The van der Waals surface area contributed by atoms with Crippen LogP contribution in [-0.4, -0.2) is 0 Å². The largest absolute Gasteiger partial charge is 0.216 e. The Morgan fingerprint density at radius 3 is 2.12 bits per heavy atom. The van der Waals surface area contributed by atoms with Gasteiger partial charge in [0.05, 0.1) is 6.33 Å². The van der Waals surface area contributed by atoms with Gasteiger partial charge in [-0.05, 0) is 44.9 Å². The van der Waals surface area contributed by atoms with Gasteiger partial charge >= 0.3 is 0 Å². The lowest BCUT2D eigenvalue weighted by Gasteiger charge is -2.00. The smallest absolute Gasteiger partial charge is 0.0872 e. The molecule has 0 aliphatic rings. The van der Waals surface area contributed by atoms with Crippen LogP contribution in [0.4, 0.5) is 4.39 Å². The summed E-state index contributed by atoms with van der Waals surface area (Å²) in [5, 5.41) is 0. The molecule has 0 aromatic heterocycles. The van der Waals surface area contributed by atoms with Crippen LogP contribution in [0.3, 0.4) is 0 Å². The minimum absolute atomic E-state index is 0.565. The first kappa shape index (κ1) is 15.4. The average Bonchev–Trinajstić information content (AvgIpc) is 2.32. The monoisotopic (exact) mass is 232 g/mol. The Balaban J connectivity index is 5.02. The molecule has 0 nitrogen and oxygen atoms in total. The number of rotatable bonds is 5. The molecule has 0 saturated carbocycles. The van der Waals surface area contributed by atoms with Crippen LogP contribution in [0.15, 0.2) is 71.7 Å². The summed E-state index contributed by atoms with van der Waals surface area (Å²) >= 11 is 0. The lowest BCUT2D eigenvalue weighted by molar-refractivity contribution is 0.720. The first-order valence-electron chi connectivity index (χ1n) is 5.73. The van der Waals surface area contributed by atoms with Gasteiger partial charge in [-0.3, -0.25) is 0 Å². The lowest BCUT2D eigenvalue weighted by Crippen LogP contribution is -1.80. The second kappa shape index (κ2) is 9.59. The maximum Gasteiger partial charge on any atom is 0.0872 e. The summed E-state index contributed by atoms with van der Waals surface area (Å²) in [6.07, 6.45) is 15.8. The normalized spacial score (nSPS) is 15.7. The Morgan fingerprint density at radius 2 is 1.59 bits per heavy atom. The van der Waals surface area contributed by atoms with Crippen molar-refractivity contribution >= 4 is 0 Å². The van der Waals surface area contributed by atoms with Crippen LogP contribution >= 0.6 is 0 Å². The highest BCUT2D eigenvalue weighted by atomic mass is 19.1. The predicted octanol–water partition coefficient (Wildman–Crippen LogP) is 5.44. The predicted molar refractivity (Wildman–Crippen MR) is 75.5 cm³/mol. The summed E-state index contributed by atoms with van der Waals surface area (Å²) in [7, 11) is 0. The molecule has 0 spiro atoms. The SMILES string of the molecule is C\C=C/C=C(\C=C\F)C(/C)=C/C=C(C)\C=C/C. The Bertz CT molecular complexity index is 388. The maximum atomic E-state index is 12.3. The highest BCUT2D eigenvalue weighted by Gasteiger charge is 1.93. The second-order valence-corrected chi connectivity index (χ2v) is 3.70. The van der Waals surface area contributed by atoms with E-state index in [1.54, 1.807) is 0 Å². The van der Waals surface area contributed by atoms with Crippen molar-refractivity contribution < 1.29 is 4.39 Å². The van der Waals surface area contributed by atoms with Crippen molar-refractivity contribution in [2.45, 2.75) is 27.7 Å². The average molecular weight is 232 g/mol. The van der Waals surface area contributed by atoms with E-state index in [2.05, 4.69) is 0 Å². The lowest BCUT2D eigenvalue weighted by atomic mass is 10.1. The fourth-order valence-corrected chi connectivity index (χ4v) is 1.26. The van der Waals surface area contributed by atoms with Crippen LogP contribution in [0.2, 0.25) is 0 Å². The van der Waals surface area contributed by atoms with Gasteiger partial charge in [-0.15, -0.1) is 0 Å². The zero-order chi connectivity index (χ0) is 13.1. The molecule has 0 fully saturated rings. The molecular weight excluding hydrogens is 211 g/mol. The van der Waals surface area contributed by atoms with Gasteiger partial charge in [-0.1, -0.05) is 48.1 Å². The van der Waals surface area contributed by atoms with Gasteiger partial charge in [0, 0.05) is 0 Å². The molecule has 0 atom stereocenters. The molecule has 1 heteroatoms. The first-order chi connectivity index (χ1) is 8.15. The minimum atomic E-state index is 0.565. The highest BCUT2D eigenvalue weighted by Crippen LogP contribution is 2.12. The summed E-state index contributed by atoms with van der Waals surface area (Å²) in [6, 6.07) is 0. The minimum Gasteiger partial charge on any atom is -0.216 e. The van der Waals surface area contributed by atoms with Crippen molar-refractivity contribution in [2.24, 2.45) is 0 Å². The second-order valence-electron chi connectivity index (χ2n) is 3.70. The van der Waals surface area contributed by atoms with Crippen molar-refractivity contribution in [1.29, 1.82) is 0 Å². The third kappa shape index (κ3) is 7.29. The fourth-order valence-electron chi connectivity index (χ4n) is 1.26. The third-order valence-electron chi connectivity index (χ3n) is 2.19. The van der Waals surface area contributed by atoms with Crippen LogP contribution in [0, 0.1) is 0 Å². The Hall–Kier alpha value is -1.63. The van der Waals surface area contributed by atoms with E-state index in [1.807, 2.05) is 70.2 Å². The fraction of sp³-hybridized carbons (Fsp3) is 0.250. The molecule has 0 unspecified atom stereocenters. The molecular formula is C16H21F. The van der Waals surface area contributed by atoms with E-state index in [-0.39, 0.29) is 0 Å². The van der Waals surface area contributed by atoms with E-state index < -0.39 is 0 Å². The zero-order valence-electron chi connectivity index (χ0n) is 11.1. The molecule has 0 heterocycles. The number of hydrogen-bond donors (Lipinski definition) is 0. The number of allylic oxidation sites excluding steroid dienone is 11. The Kier molecular flexibility index (Phi) is 8.67. The molecule has 0 aromatic rings. The Labute approximate surface area is 104 Å².